The van der Waals surface area contributed by atoms with Crippen LogP contribution in [-0.4, -0.2) is 39.3 Å². The summed E-state index contributed by atoms with van der Waals surface area (Å²) in [7, 11) is 1.59. The monoisotopic (exact) mass is 385 g/mol. The van der Waals surface area contributed by atoms with Crippen molar-refractivity contribution >= 4 is 12.0 Å². The molecule has 3 rings (SSSR count). The lowest BCUT2D eigenvalue weighted by Gasteiger charge is -2.23. The van der Waals surface area contributed by atoms with Gasteiger partial charge in [-0.15, -0.1) is 0 Å². The largest absolute Gasteiger partial charge is 0.493 e. The molecule has 6 nitrogen and oxygen atoms in total. The summed E-state index contributed by atoms with van der Waals surface area (Å²) >= 11 is 0. The van der Waals surface area contributed by atoms with Crippen LogP contribution >= 0.6 is 0 Å². The Balaban J connectivity index is 1.55. The third kappa shape index (κ3) is 5.16. The summed E-state index contributed by atoms with van der Waals surface area (Å²) in [5, 5.41) is 2.99. The number of amides is 1. The van der Waals surface area contributed by atoms with E-state index in [0.29, 0.717) is 18.0 Å². The van der Waals surface area contributed by atoms with Gasteiger partial charge in [0, 0.05) is 12.8 Å². The van der Waals surface area contributed by atoms with Crippen molar-refractivity contribution in [3.63, 3.8) is 0 Å². The van der Waals surface area contributed by atoms with E-state index in [4.69, 9.17) is 13.9 Å². The van der Waals surface area contributed by atoms with Gasteiger partial charge in [0.2, 0.25) is 0 Å². The normalized spacial score (nSPS) is 15.6. The van der Waals surface area contributed by atoms with Crippen molar-refractivity contribution in [1.29, 1.82) is 0 Å². The Hall–Kier alpha value is -2.73. The molecule has 1 saturated heterocycles. The van der Waals surface area contributed by atoms with Crippen LogP contribution < -0.4 is 19.7 Å². The first kappa shape index (κ1) is 20.0. The number of carbonyl (C=O) groups excluding carboxylic acids is 1. The minimum absolute atomic E-state index is 0.0560. The molecule has 0 radical (unpaired) electrons. The SMILES string of the molecule is C/C=C/c1ccc(OCC(=O)NC[C@H](c2ccco2)[NH+]2CCCC2)c(OC)c1. The highest BCUT2D eigenvalue weighted by molar-refractivity contribution is 5.77. The number of nitrogens with one attached hydrogen (secondary N) is 2. The highest BCUT2D eigenvalue weighted by Crippen LogP contribution is 2.28. The van der Waals surface area contributed by atoms with E-state index in [2.05, 4.69) is 5.32 Å². The van der Waals surface area contributed by atoms with Crippen molar-refractivity contribution in [3.8, 4) is 11.5 Å². The molecule has 2 aromatic rings. The van der Waals surface area contributed by atoms with E-state index >= 15 is 0 Å². The van der Waals surface area contributed by atoms with Crippen LogP contribution in [0, 0.1) is 0 Å². The number of benzene rings is 1. The molecular formula is C22H29N2O4+. The van der Waals surface area contributed by atoms with Gasteiger partial charge in [0.15, 0.2) is 29.9 Å². The third-order valence-corrected chi connectivity index (χ3v) is 5.03. The molecule has 0 bridgehead atoms. The number of quaternary nitrogens is 1. The second-order valence-corrected chi connectivity index (χ2v) is 6.94. The zero-order chi connectivity index (χ0) is 19.8. The average Bonchev–Trinajstić information content (AvgIpc) is 3.42. The number of rotatable bonds is 9. The zero-order valence-electron chi connectivity index (χ0n) is 16.6. The molecule has 2 heterocycles. The lowest BCUT2D eigenvalue weighted by Crippen LogP contribution is -3.11. The van der Waals surface area contributed by atoms with E-state index in [0.717, 1.165) is 24.4 Å². The summed E-state index contributed by atoms with van der Waals surface area (Å²) in [6.07, 6.45) is 8.06. The van der Waals surface area contributed by atoms with Crippen molar-refractivity contribution < 1.29 is 23.6 Å². The van der Waals surface area contributed by atoms with E-state index in [1.807, 2.05) is 49.4 Å². The van der Waals surface area contributed by atoms with Crippen LogP contribution in [0.2, 0.25) is 0 Å². The summed E-state index contributed by atoms with van der Waals surface area (Å²) in [6.45, 7) is 4.64. The number of ether oxygens (including phenoxy) is 2. The Kier molecular flexibility index (Phi) is 7.14. The molecule has 0 aliphatic carbocycles. The highest BCUT2D eigenvalue weighted by atomic mass is 16.5. The molecule has 1 aromatic heterocycles. The fourth-order valence-corrected chi connectivity index (χ4v) is 3.62. The van der Waals surface area contributed by atoms with Crippen LogP contribution in [0.15, 0.2) is 47.1 Å². The van der Waals surface area contributed by atoms with Crippen molar-refractivity contribution in [1.82, 2.24) is 5.32 Å². The Morgan fingerprint density at radius 3 is 2.79 bits per heavy atom. The van der Waals surface area contributed by atoms with Gasteiger partial charge in [-0.05, 0) is 36.8 Å². The van der Waals surface area contributed by atoms with Gasteiger partial charge < -0.3 is 24.1 Å². The maximum atomic E-state index is 12.3. The molecule has 150 valence electrons. The first-order valence-corrected chi connectivity index (χ1v) is 9.79. The van der Waals surface area contributed by atoms with E-state index in [1.54, 1.807) is 13.4 Å². The van der Waals surface area contributed by atoms with Crippen LogP contribution in [-0.2, 0) is 4.79 Å². The molecule has 1 fully saturated rings. The summed E-state index contributed by atoms with van der Waals surface area (Å²) in [6, 6.07) is 9.65. The summed E-state index contributed by atoms with van der Waals surface area (Å²) in [5.74, 6) is 1.92. The maximum Gasteiger partial charge on any atom is 0.258 e. The first-order chi connectivity index (χ1) is 13.7. The average molecular weight is 385 g/mol. The van der Waals surface area contributed by atoms with E-state index in [-0.39, 0.29) is 18.6 Å². The molecule has 6 heteroatoms. The van der Waals surface area contributed by atoms with E-state index in [9.17, 15) is 4.79 Å². The number of furan rings is 1. The summed E-state index contributed by atoms with van der Waals surface area (Å²) in [4.78, 5) is 13.8. The predicted octanol–water partition coefficient (Wildman–Crippen LogP) is 2.24. The van der Waals surface area contributed by atoms with Gasteiger partial charge in [0.05, 0.1) is 33.0 Å². The zero-order valence-corrected chi connectivity index (χ0v) is 16.6. The number of likely N-dealkylation sites (tertiary alicyclic amines) is 1. The quantitative estimate of drug-likeness (QED) is 0.695. The van der Waals surface area contributed by atoms with Gasteiger partial charge in [-0.2, -0.15) is 0 Å². The Morgan fingerprint density at radius 1 is 1.29 bits per heavy atom. The minimum Gasteiger partial charge on any atom is -0.493 e. The molecular weight excluding hydrogens is 356 g/mol. The van der Waals surface area contributed by atoms with Gasteiger partial charge in [-0.3, -0.25) is 4.79 Å². The molecule has 1 atom stereocenters. The maximum absolute atomic E-state index is 12.3. The molecule has 1 amide bonds. The molecule has 1 aliphatic rings. The van der Waals surface area contributed by atoms with Crippen LogP contribution in [0.25, 0.3) is 6.08 Å². The van der Waals surface area contributed by atoms with Crippen LogP contribution in [0.1, 0.15) is 37.1 Å². The predicted molar refractivity (Wildman–Crippen MR) is 108 cm³/mol. The smallest absolute Gasteiger partial charge is 0.258 e. The minimum atomic E-state index is -0.158. The van der Waals surface area contributed by atoms with Crippen LogP contribution in [0.4, 0.5) is 0 Å². The van der Waals surface area contributed by atoms with Gasteiger partial charge in [0.1, 0.15) is 0 Å². The van der Waals surface area contributed by atoms with Gasteiger partial charge in [-0.25, -0.2) is 0 Å². The van der Waals surface area contributed by atoms with Gasteiger partial charge >= 0.3 is 0 Å². The number of hydrogen-bond donors (Lipinski definition) is 2. The first-order valence-electron chi connectivity index (χ1n) is 9.79. The molecule has 0 unspecified atom stereocenters. The number of carbonyl (C=O) groups is 1. The van der Waals surface area contributed by atoms with Crippen molar-refractivity contribution in [2.75, 3.05) is 33.4 Å². The molecule has 28 heavy (non-hydrogen) atoms. The fraction of sp³-hybridized carbons (Fsp3) is 0.409. The molecule has 1 aromatic carbocycles. The molecule has 2 N–H and O–H groups in total. The molecule has 1 aliphatic heterocycles. The number of allylic oxidation sites excluding steroid dienone is 1. The topological polar surface area (TPSA) is 65.1 Å². The van der Waals surface area contributed by atoms with Gasteiger partial charge in [-0.1, -0.05) is 18.2 Å². The second kappa shape index (κ2) is 9.99. The van der Waals surface area contributed by atoms with E-state index in [1.165, 1.54) is 17.7 Å². The van der Waals surface area contributed by atoms with Crippen LogP contribution in [0.5, 0.6) is 11.5 Å². The van der Waals surface area contributed by atoms with Crippen LogP contribution in [0.3, 0.4) is 0 Å². The standard InChI is InChI=1S/C22H28N2O4/c1-3-7-17-9-10-20(21(14-17)26-2)28-16-22(25)23-15-18(19-8-6-13-27-19)24-11-4-5-12-24/h3,6-10,13-14,18H,4-5,11-12,15-16H2,1-2H3,(H,23,25)/p+1/b7-3+/t18-/m1/s1. The molecule has 0 saturated carbocycles. The number of hydrogen-bond acceptors (Lipinski definition) is 4. The Labute approximate surface area is 166 Å². The molecule has 0 spiro atoms. The lowest BCUT2D eigenvalue weighted by molar-refractivity contribution is -0.919. The number of methoxy groups -OCH3 is 1. The van der Waals surface area contributed by atoms with Crippen molar-refractivity contribution in [3.05, 3.63) is 54.0 Å². The summed E-state index contributed by atoms with van der Waals surface area (Å²) < 4.78 is 16.7. The third-order valence-electron chi connectivity index (χ3n) is 5.03. The van der Waals surface area contributed by atoms with Crippen molar-refractivity contribution in [2.45, 2.75) is 25.8 Å². The summed E-state index contributed by atoms with van der Waals surface area (Å²) in [5.41, 5.74) is 1.02. The lowest BCUT2D eigenvalue weighted by atomic mass is 10.2. The second-order valence-electron chi connectivity index (χ2n) is 6.94. The van der Waals surface area contributed by atoms with Crippen molar-refractivity contribution in [2.24, 2.45) is 0 Å². The van der Waals surface area contributed by atoms with E-state index < -0.39 is 0 Å². The fourth-order valence-electron chi connectivity index (χ4n) is 3.62. The Morgan fingerprint density at radius 2 is 2.11 bits per heavy atom. The Bertz CT molecular complexity index is 780. The van der Waals surface area contributed by atoms with Gasteiger partial charge in [0.25, 0.3) is 5.91 Å². The highest BCUT2D eigenvalue weighted by Gasteiger charge is 2.29.